The normalized spacial score (nSPS) is 20.2. The first-order valence-corrected chi connectivity index (χ1v) is 11.3. The highest BCUT2D eigenvalue weighted by Gasteiger charge is 2.61. The summed E-state index contributed by atoms with van der Waals surface area (Å²) in [6.45, 7) is 5.85. The zero-order chi connectivity index (χ0) is 21.8. The number of nitrogens with zero attached hydrogens (tertiary/aromatic N) is 1. The third-order valence-corrected chi connectivity index (χ3v) is 6.18. The quantitative estimate of drug-likeness (QED) is 0.371. The van der Waals surface area contributed by atoms with E-state index >= 15 is 0 Å². The van der Waals surface area contributed by atoms with Gasteiger partial charge in [-0.3, -0.25) is 4.90 Å². The topological polar surface area (TPSA) is 66.6 Å². The number of benzene rings is 2. The Morgan fingerprint density at radius 3 is 2.13 bits per heavy atom. The van der Waals surface area contributed by atoms with Crippen molar-refractivity contribution in [1.82, 2.24) is 4.90 Å². The first-order valence-electron chi connectivity index (χ1n) is 10.1. The second-order valence-corrected chi connectivity index (χ2v) is 9.67. The molecule has 2 aromatic carbocycles. The maximum atomic E-state index is 13.2. The van der Waals surface area contributed by atoms with E-state index in [4.69, 9.17) is 4.74 Å². The van der Waals surface area contributed by atoms with Crippen LogP contribution < -0.4 is 0 Å². The average molecular weight is 428 g/mol. The molecule has 1 N–H and O–H groups in total. The van der Waals surface area contributed by atoms with Crippen LogP contribution in [0.1, 0.15) is 31.9 Å². The van der Waals surface area contributed by atoms with Crippen molar-refractivity contribution in [3.05, 3.63) is 71.8 Å². The summed E-state index contributed by atoms with van der Waals surface area (Å²) in [6, 6.07) is 19.5. The van der Waals surface area contributed by atoms with Gasteiger partial charge in [-0.25, -0.2) is 9.59 Å². The third kappa shape index (κ3) is 5.43. The number of ether oxygens (including phenoxy) is 1. The number of carboxylic acid groups (broad SMARTS) is 1. The van der Waals surface area contributed by atoms with Crippen molar-refractivity contribution in [2.75, 3.05) is 12.3 Å². The molecule has 0 amide bonds. The van der Waals surface area contributed by atoms with Crippen molar-refractivity contribution < 1.29 is 19.4 Å². The lowest BCUT2D eigenvalue weighted by molar-refractivity contribution is -0.175. The van der Waals surface area contributed by atoms with Gasteiger partial charge in [0.15, 0.2) is 0 Å². The molecule has 2 aromatic rings. The first kappa shape index (κ1) is 22.4. The Labute approximate surface area is 182 Å². The Hall–Kier alpha value is -2.31. The number of carbonyl (C=O) groups is 2. The Morgan fingerprint density at radius 1 is 1.03 bits per heavy atom. The van der Waals surface area contributed by atoms with Crippen molar-refractivity contribution >= 4 is 23.7 Å². The molecule has 1 aliphatic heterocycles. The van der Waals surface area contributed by atoms with E-state index in [2.05, 4.69) is 12.1 Å². The second kappa shape index (κ2) is 9.23. The van der Waals surface area contributed by atoms with E-state index in [0.717, 1.165) is 17.1 Å². The molecule has 5 nitrogen and oxygen atoms in total. The van der Waals surface area contributed by atoms with Crippen LogP contribution in [0.4, 0.5) is 0 Å². The van der Waals surface area contributed by atoms with Crippen molar-refractivity contribution in [1.29, 1.82) is 0 Å². The van der Waals surface area contributed by atoms with Gasteiger partial charge in [-0.1, -0.05) is 60.7 Å². The number of esters is 1. The molecular formula is C24H29NO4S. The van der Waals surface area contributed by atoms with Gasteiger partial charge >= 0.3 is 11.9 Å². The van der Waals surface area contributed by atoms with Crippen LogP contribution in [0.3, 0.4) is 0 Å². The van der Waals surface area contributed by atoms with Crippen LogP contribution in [0.25, 0.3) is 0 Å². The van der Waals surface area contributed by atoms with Crippen LogP contribution >= 0.6 is 11.8 Å². The number of hydrogen-bond acceptors (Lipinski definition) is 5. The highest BCUT2D eigenvalue weighted by atomic mass is 32.2. The predicted octanol–water partition coefficient (Wildman–Crippen LogP) is 4.01. The molecule has 0 bridgehead atoms. The lowest BCUT2D eigenvalue weighted by Crippen LogP contribution is -2.58. The van der Waals surface area contributed by atoms with E-state index in [9.17, 15) is 14.7 Å². The molecule has 1 fully saturated rings. The standard InChI is InChI=1S/C24H29NO4S/c1-23(2,3)29-22(28)24(21(26)27,14-18-10-6-4-7-11-18)25-15-20(25)17-30-16-19-12-8-5-9-13-19/h4-13,20H,14-17H2,1-3H3,(H,26,27)/t20?,24-,25?/m0/s1. The second-order valence-electron chi connectivity index (χ2n) is 8.64. The van der Waals surface area contributed by atoms with Crippen LogP contribution in [-0.4, -0.2) is 51.4 Å². The molecule has 3 rings (SSSR count). The summed E-state index contributed by atoms with van der Waals surface area (Å²) in [7, 11) is 0. The van der Waals surface area contributed by atoms with Gasteiger partial charge in [-0.05, 0) is 31.9 Å². The van der Waals surface area contributed by atoms with Gasteiger partial charge in [0, 0.05) is 30.5 Å². The molecular weight excluding hydrogens is 398 g/mol. The minimum absolute atomic E-state index is 0.0334. The maximum Gasteiger partial charge on any atom is 0.339 e. The maximum absolute atomic E-state index is 13.2. The molecule has 2 unspecified atom stereocenters. The van der Waals surface area contributed by atoms with E-state index in [0.29, 0.717) is 6.54 Å². The van der Waals surface area contributed by atoms with Crippen molar-refractivity contribution in [2.24, 2.45) is 0 Å². The van der Waals surface area contributed by atoms with Crippen molar-refractivity contribution in [3.63, 3.8) is 0 Å². The monoisotopic (exact) mass is 427 g/mol. The molecule has 160 valence electrons. The van der Waals surface area contributed by atoms with Crippen molar-refractivity contribution in [2.45, 2.75) is 50.1 Å². The Kier molecular flexibility index (Phi) is 6.88. The fraction of sp³-hybridized carbons (Fsp3) is 0.417. The number of thioether (sulfide) groups is 1. The molecule has 30 heavy (non-hydrogen) atoms. The molecule has 0 spiro atoms. The predicted molar refractivity (Wildman–Crippen MR) is 119 cm³/mol. The minimum Gasteiger partial charge on any atom is -0.479 e. The molecule has 0 aromatic heterocycles. The summed E-state index contributed by atoms with van der Waals surface area (Å²) in [4.78, 5) is 27.5. The summed E-state index contributed by atoms with van der Waals surface area (Å²) in [6.07, 6.45) is 0.0813. The summed E-state index contributed by atoms with van der Waals surface area (Å²) in [5.74, 6) is -0.226. The Balaban J connectivity index is 1.77. The Bertz CT molecular complexity index is 866. The fourth-order valence-electron chi connectivity index (χ4n) is 3.51. The largest absolute Gasteiger partial charge is 0.479 e. The Morgan fingerprint density at radius 2 is 1.60 bits per heavy atom. The number of rotatable bonds is 9. The van der Waals surface area contributed by atoms with E-state index in [1.807, 2.05) is 48.5 Å². The van der Waals surface area contributed by atoms with Gasteiger partial charge in [0.1, 0.15) is 5.60 Å². The fourth-order valence-corrected chi connectivity index (χ4v) is 4.61. The van der Waals surface area contributed by atoms with Crippen LogP contribution in [-0.2, 0) is 26.5 Å². The smallest absolute Gasteiger partial charge is 0.339 e. The summed E-state index contributed by atoms with van der Waals surface area (Å²) in [5.41, 5.74) is -0.446. The number of carbonyl (C=O) groups excluding carboxylic acids is 1. The summed E-state index contributed by atoms with van der Waals surface area (Å²) in [5, 5.41) is 10.2. The van der Waals surface area contributed by atoms with E-state index in [1.54, 1.807) is 37.4 Å². The molecule has 0 saturated carbocycles. The van der Waals surface area contributed by atoms with E-state index in [-0.39, 0.29) is 12.5 Å². The van der Waals surface area contributed by atoms with E-state index < -0.39 is 23.1 Å². The number of carboxylic acids is 1. The van der Waals surface area contributed by atoms with Crippen LogP contribution in [0.2, 0.25) is 0 Å². The van der Waals surface area contributed by atoms with Crippen molar-refractivity contribution in [3.8, 4) is 0 Å². The highest BCUT2D eigenvalue weighted by molar-refractivity contribution is 7.98. The zero-order valence-electron chi connectivity index (χ0n) is 17.7. The molecule has 3 atom stereocenters. The number of aliphatic carboxylic acids is 1. The zero-order valence-corrected chi connectivity index (χ0v) is 18.5. The van der Waals surface area contributed by atoms with Gasteiger partial charge in [0.2, 0.25) is 5.54 Å². The number of hydrogen-bond donors (Lipinski definition) is 1. The summed E-state index contributed by atoms with van der Waals surface area (Å²) < 4.78 is 5.59. The molecule has 0 aliphatic carbocycles. The van der Waals surface area contributed by atoms with E-state index in [1.165, 1.54) is 5.56 Å². The van der Waals surface area contributed by atoms with Crippen LogP contribution in [0.15, 0.2) is 60.7 Å². The molecule has 0 radical (unpaired) electrons. The van der Waals surface area contributed by atoms with Gasteiger partial charge in [-0.15, -0.1) is 0 Å². The van der Waals surface area contributed by atoms with Gasteiger partial charge in [0.05, 0.1) is 0 Å². The van der Waals surface area contributed by atoms with Gasteiger partial charge < -0.3 is 9.84 Å². The van der Waals surface area contributed by atoms with Crippen LogP contribution in [0, 0.1) is 0 Å². The lowest BCUT2D eigenvalue weighted by atomic mass is 9.90. The van der Waals surface area contributed by atoms with Gasteiger partial charge in [0.25, 0.3) is 0 Å². The first-order chi connectivity index (χ1) is 14.2. The average Bonchev–Trinajstić information content (AvgIpc) is 3.46. The van der Waals surface area contributed by atoms with Crippen LogP contribution in [0.5, 0.6) is 0 Å². The SMILES string of the molecule is CC(C)(C)OC(=O)[C@](Cc1ccccc1)(C(=O)O)N1CC1CSCc1ccccc1. The molecule has 6 heteroatoms. The highest BCUT2D eigenvalue weighted by Crippen LogP contribution is 2.37. The molecule has 1 heterocycles. The van der Waals surface area contributed by atoms with Gasteiger partial charge in [-0.2, -0.15) is 11.8 Å². The molecule has 1 aliphatic rings. The lowest BCUT2D eigenvalue weighted by Gasteiger charge is -2.33. The molecule has 1 saturated heterocycles. The third-order valence-electron chi connectivity index (χ3n) is 5.02. The summed E-state index contributed by atoms with van der Waals surface area (Å²) >= 11 is 1.75. The minimum atomic E-state index is -1.72.